The second kappa shape index (κ2) is 10.9. The Labute approximate surface area is 187 Å². The Morgan fingerprint density at radius 1 is 1.13 bits per heavy atom. The minimum Gasteiger partial charge on any atom is -0.504 e. The van der Waals surface area contributed by atoms with Crippen LogP contribution in [0.4, 0.5) is 4.79 Å². The highest BCUT2D eigenvalue weighted by atomic mass is 35.5. The largest absolute Gasteiger partial charge is 0.504 e. The maximum Gasteiger partial charge on any atom is 0.407 e. The minimum atomic E-state index is -0.571. The lowest BCUT2D eigenvalue weighted by Crippen LogP contribution is -2.36. The van der Waals surface area contributed by atoms with Crippen molar-refractivity contribution in [1.82, 2.24) is 10.2 Å². The zero-order valence-electron chi connectivity index (χ0n) is 18.3. The summed E-state index contributed by atoms with van der Waals surface area (Å²) in [7, 11) is 1.43. The first-order valence-corrected chi connectivity index (χ1v) is 10.3. The molecule has 0 aliphatic carbocycles. The predicted molar refractivity (Wildman–Crippen MR) is 120 cm³/mol. The monoisotopic (exact) mass is 448 g/mol. The predicted octanol–water partition coefficient (Wildman–Crippen LogP) is 4.61. The summed E-state index contributed by atoms with van der Waals surface area (Å²) in [4.78, 5) is 26.7. The van der Waals surface area contributed by atoms with Crippen LogP contribution in [-0.4, -0.2) is 47.8 Å². The number of hydrogen-bond acceptors (Lipinski definition) is 5. The number of hydrogen-bond donors (Lipinski definition) is 2. The third-order valence-electron chi connectivity index (χ3n) is 4.27. The van der Waals surface area contributed by atoms with E-state index < -0.39 is 11.7 Å². The van der Waals surface area contributed by atoms with E-state index in [0.29, 0.717) is 36.6 Å². The van der Waals surface area contributed by atoms with E-state index >= 15 is 0 Å². The molecule has 7 nitrogen and oxygen atoms in total. The fourth-order valence-electron chi connectivity index (χ4n) is 2.83. The van der Waals surface area contributed by atoms with Gasteiger partial charge in [0.15, 0.2) is 11.5 Å². The van der Waals surface area contributed by atoms with E-state index in [1.807, 2.05) is 12.1 Å². The highest BCUT2D eigenvalue weighted by Gasteiger charge is 2.19. The Hall–Kier alpha value is -2.93. The smallest absolute Gasteiger partial charge is 0.407 e. The second-order valence-electron chi connectivity index (χ2n) is 8.02. The minimum absolute atomic E-state index is 0.0372. The maximum atomic E-state index is 13.2. The SMILES string of the molecule is COc1cc(C(=O)N(CCCNC(=O)OC(C)(C)C)Cc2ccc(Cl)cc2)ccc1O. The molecule has 2 N–H and O–H groups in total. The molecule has 0 saturated heterocycles. The number of methoxy groups -OCH3 is 1. The highest BCUT2D eigenvalue weighted by Crippen LogP contribution is 2.27. The van der Waals surface area contributed by atoms with Crippen molar-refractivity contribution in [3.63, 3.8) is 0 Å². The molecule has 0 aliphatic rings. The van der Waals surface area contributed by atoms with Crippen LogP contribution in [0.25, 0.3) is 0 Å². The summed E-state index contributed by atoms with van der Waals surface area (Å²) in [6.45, 7) is 6.52. The van der Waals surface area contributed by atoms with Crippen molar-refractivity contribution in [2.24, 2.45) is 0 Å². The fraction of sp³-hybridized carbons (Fsp3) is 0.391. The number of ether oxygens (including phenoxy) is 2. The Bertz CT molecular complexity index is 894. The summed E-state index contributed by atoms with van der Waals surface area (Å²) in [5.41, 5.74) is 0.741. The van der Waals surface area contributed by atoms with Gasteiger partial charge < -0.3 is 24.8 Å². The van der Waals surface area contributed by atoms with Crippen LogP contribution in [0, 0.1) is 0 Å². The first kappa shape index (κ1) is 24.3. The molecule has 0 atom stereocenters. The molecule has 0 saturated carbocycles. The van der Waals surface area contributed by atoms with Crippen molar-refractivity contribution < 1.29 is 24.2 Å². The number of carbonyl (C=O) groups excluding carboxylic acids is 2. The molecule has 0 unspecified atom stereocenters. The van der Waals surface area contributed by atoms with E-state index in [1.165, 1.54) is 19.2 Å². The number of phenols is 1. The van der Waals surface area contributed by atoms with Gasteiger partial charge in [-0.25, -0.2) is 4.79 Å². The quantitative estimate of drug-likeness (QED) is 0.575. The van der Waals surface area contributed by atoms with Crippen LogP contribution < -0.4 is 10.1 Å². The van der Waals surface area contributed by atoms with Gasteiger partial charge in [-0.1, -0.05) is 23.7 Å². The number of amides is 2. The van der Waals surface area contributed by atoms with Crippen LogP contribution in [0.2, 0.25) is 5.02 Å². The van der Waals surface area contributed by atoms with E-state index in [-0.39, 0.29) is 17.4 Å². The van der Waals surface area contributed by atoms with E-state index in [2.05, 4.69) is 5.32 Å². The van der Waals surface area contributed by atoms with Crippen molar-refractivity contribution in [2.45, 2.75) is 39.3 Å². The van der Waals surface area contributed by atoms with Crippen molar-refractivity contribution >= 4 is 23.6 Å². The van der Waals surface area contributed by atoms with E-state index in [1.54, 1.807) is 43.9 Å². The number of aromatic hydroxyl groups is 1. The Kier molecular flexibility index (Phi) is 8.56. The van der Waals surface area contributed by atoms with Gasteiger partial charge >= 0.3 is 6.09 Å². The summed E-state index contributed by atoms with van der Waals surface area (Å²) < 4.78 is 10.3. The maximum absolute atomic E-state index is 13.2. The normalized spacial score (nSPS) is 11.0. The van der Waals surface area contributed by atoms with Crippen LogP contribution in [0.5, 0.6) is 11.5 Å². The third-order valence-corrected chi connectivity index (χ3v) is 4.53. The fourth-order valence-corrected chi connectivity index (χ4v) is 2.96. The number of phenolic OH excluding ortho intramolecular Hbond substituents is 1. The summed E-state index contributed by atoms with van der Waals surface area (Å²) in [6, 6.07) is 11.7. The molecule has 0 spiro atoms. The van der Waals surface area contributed by atoms with Gasteiger partial charge in [-0.2, -0.15) is 0 Å². The Morgan fingerprint density at radius 3 is 2.42 bits per heavy atom. The Morgan fingerprint density at radius 2 is 1.81 bits per heavy atom. The zero-order chi connectivity index (χ0) is 23.0. The Balaban J connectivity index is 2.08. The number of nitrogens with zero attached hydrogens (tertiary/aromatic N) is 1. The molecule has 0 aliphatic heterocycles. The third kappa shape index (κ3) is 8.02. The average Bonchev–Trinajstić information content (AvgIpc) is 2.70. The van der Waals surface area contributed by atoms with Crippen LogP contribution in [0.3, 0.4) is 0 Å². The van der Waals surface area contributed by atoms with Gasteiger partial charge in [0.25, 0.3) is 5.91 Å². The summed E-state index contributed by atoms with van der Waals surface area (Å²) in [5, 5.41) is 13.1. The molecule has 168 valence electrons. The molecule has 0 fully saturated rings. The molecular formula is C23H29ClN2O5. The van der Waals surface area contributed by atoms with Gasteiger partial charge in [-0.15, -0.1) is 0 Å². The van der Waals surface area contributed by atoms with Crippen molar-refractivity contribution in [3.8, 4) is 11.5 Å². The first-order valence-electron chi connectivity index (χ1n) is 9.96. The molecule has 2 amide bonds. The van der Waals surface area contributed by atoms with Crippen LogP contribution in [0.1, 0.15) is 43.1 Å². The number of rotatable bonds is 8. The van der Waals surface area contributed by atoms with Gasteiger partial charge in [0.1, 0.15) is 5.60 Å². The molecule has 8 heteroatoms. The second-order valence-corrected chi connectivity index (χ2v) is 8.46. The molecule has 31 heavy (non-hydrogen) atoms. The van der Waals surface area contributed by atoms with E-state index in [0.717, 1.165) is 5.56 Å². The standard InChI is InChI=1S/C23H29ClN2O5/c1-23(2,3)31-22(29)25-12-5-13-26(15-16-6-9-18(24)10-7-16)21(28)17-8-11-19(27)20(14-17)30-4/h6-11,14,27H,5,12-13,15H2,1-4H3,(H,25,29). The lowest BCUT2D eigenvalue weighted by atomic mass is 10.1. The van der Waals surface area contributed by atoms with Crippen molar-refractivity contribution in [1.29, 1.82) is 0 Å². The van der Waals surface area contributed by atoms with Gasteiger partial charge in [0.2, 0.25) is 0 Å². The molecule has 0 radical (unpaired) electrons. The molecule has 0 bridgehead atoms. The molecule has 0 aromatic heterocycles. The molecular weight excluding hydrogens is 420 g/mol. The highest BCUT2D eigenvalue weighted by molar-refractivity contribution is 6.30. The van der Waals surface area contributed by atoms with Gasteiger partial charge in [0, 0.05) is 30.2 Å². The van der Waals surface area contributed by atoms with Crippen molar-refractivity contribution in [2.75, 3.05) is 20.2 Å². The van der Waals surface area contributed by atoms with Crippen LogP contribution in [0.15, 0.2) is 42.5 Å². The van der Waals surface area contributed by atoms with Gasteiger partial charge in [-0.05, 0) is 63.1 Å². The topological polar surface area (TPSA) is 88.1 Å². The van der Waals surface area contributed by atoms with Gasteiger partial charge in [-0.3, -0.25) is 4.79 Å². The van der Waals surface area contributed by atoms with E-state index in [4.69, 9.17) is 21.1 Å². The zero-order valence-corrected chi connectivity index (χ0v) is 19.0. The summed E-state index contributed by atoms with van der Waals surface area (Å²) in [6.07, 6.45) is 0.0414. The van der Waals surface area contributed by atoms with Crippen molar-refractivity contribution in [3.05, 3.63) is 58.6 Å². The number of nitrogens with one attached hydrogen (secondary N) is 1. The average molecular weight is 449 g/mol. The lowest BCUT2D eigenvalue weighted by molar-refractivity contribution is 0.0525. The molecule has 2 rings (SSSR count). The lowest BCUT2D eigenvalue weighted by Gasteiger charge is -2.24. The number of carbonyl (C=O) groups is 2. The van der Waals surface area contributed by atoms with E-state index in [9.17, 15) is 14.7 Å². The molecule has 2 aromatic carbocycles. The van der Waals surface area contributed by atoms with Crippen LogP contribution in [-0.2, 0) is 11.3 Å². The number of alkyl carbamates (subject to hydrolysis) is 1. The van der Waals surface area contributed by atoms with Gasteiger partial charge in [0.05, 0.1) is 7.11 Å². The molecule has 0 heterocycles. The summed E-state index contributed by atoms with van der Waals surface area (Å²) in [5.74, 6) is -0.0285. The number of halogens is 1. The molecule has 2 aromatic rings. The van der Waals surface area contributed by atoms with Crippen LogP contribution >= 0.6 is 11.6 Å². The number of benzene rings is 2. The summed E-state index contributed by atoms with van der Waals surface area (Å²) >= 11 is 5.96. The first-order chi connectivity index (χ1) is 14.6.